The summed E-state index contributed by atoms with van der Waals surface area (Å²) in [6.07, 6.45) is 1.52. The molecule has 0 unspecified atom stereocenters. The maximum absolute atomic E-state index is 11.3. The largest absolute Gasteiger partial charge is 0.497 e. The molecule has 2 N–H and O–H groups in total. The van der Waals surface area contributed by atoms with Gasteiger partial charge in [-0.2, -0.15) is 4.68 Å². The van der Waals surface area contributed by atoms with E-state index in [-0.39, 0.29) is 11.6 Å². The molecule has 1 aliphatic heterocycles. The molecule has 1 aliphatic rings. The zero-order valence-corrected chi connectivity index (χ0v) is 11.8. The number of nitrogens with one attached hydrogen (secondary N) is 1. The summed E-state index contributed by atoms with van der Waals surface area (Å²) in [7, 11) is 3.09. The molecule has 0 amide bonds. The Morgan fingerprint density at radius 1 is 1.36 bits per heavy atom. The molecule has 0 bridgehead atoms. The van der Waals surface area contributed by atoms with Gasteiger partial charge in [-0.05, 0) is 34.7 Å². The second-order valence-electron chi connectivity index (χ2n) is 4.51. The van der Waals surface area contributed by atoms with Gasteiger partial charge in [-0.1, -0.05) is 5.10 Å². The molecule has 9 heteroatoms. The third-order valence-corrected chi connectivity index (χ3v) is 3.31. The molecule has 2 heterocycles. The minimum absolute atomic E-state index is 0.00262. The van der Waals surface area contributed by atoms with Gasteiger partial charge in [0.15, 0.2) is 0 Å². The Morgan fingerprint density at radius 3 is 2.86 bits per heavy atom. The Morgan fingerprint density at radius 2 is 2.18 bits per heavy atom. The van der Waals surface area contributed by atoms with Gasteiger partial charge in [-0.15, -0.1) is 0 Å². The highest BCUT2D eigenvalue weighted by atomic mass is 16.5. The second kappa shape index (κ2) is 5.35. The highest BCUT2D eigenvalue weighted by Gasteiger charge is 2.28. The van der Waals surface area contributed by atoms with E-state index in [1.807, 2.05) is 0 Å². The summed E-state index contributed by atoms with van der Waals surface area (Å²) in [4.78, 5) is 11.3. The number of tetrazole rings is 1. The molecule has 0 fully saturated rings. The molecule has 1 atom stereocenters. The number of aliphatic carboxylic acids is 1. The lowest BCUT2D eigenvalue weighted by molar-refractivity contribution is -0.132. The van der Waals surface area contributed by atoms with E-state index in [1.165, 1.54) is 17.9 Å². The summed E-state index contributed by atoms with van der Waals surface area (Å²) >= 11 is 0. The summed E-state index contributed by atoms with van der Waals surface area (Å²) in [5, 5.41) is 23.1. The Hall–Kier alpha value is -3.10. The Kier molecular flexibility index (Phi) is 3.37. The van der Waals surface area contributed by atoms with Gasteiger partial charge in [-0.25, -0.2) is 4.79 Å². The molecule has 22 heavy (non-hydrogen) atoms. The van der Waals surface area contributed by atoms with Crippen LogP contribution in [-0.2, 0) is 4.79 Å². The van der Waals surface area contributed by atoms with E-state index in [0.717, 1.165) is 0 Å². The van der Waals surface area contributed by atoms with Crippen molar-refractivity contribution >= 4 is 11.9 Å². The molecule has 114 valence electrons. The third kappa shape index (κ3) is 2.22. The minimum atomic E-state index is -1.10. The van der Waals surface area contributed by atoms with Gasteiger partial charge >= 0.3 is 5.97 Å². The maximum Gasteiger partial charge on any atom is 0.352 e. The number of carbonyl (C=O) groups is 1. The monoisotopic (exact) mass is 303 g/mol. The fraction of sp³-hybridized carbons (Fsp3) is 0.231. The van der Waals surface area contributed by atoms with Crippen LogP contribution in [0.2, 0.25) is 0 Å². The van der Waals surface area contributed by atoms with Gasteiger partial charge in [0.25, 0.3) is 0 Å². The molecular formula is C13H13N5O4. The summed E-state index contributed by atoms with van der Waals surface area (Å²) < 4.78 is 12.0. The molecular weight excluding hydrogens is 290 g/mol. The molecule has 3 rings (SSSR count). The van der Waals surface area contributed by atoms with E-state index in [9.17, 15) is 9.90 Å². The number of benzene rings is 1. The Balaban J connectivity index is 2.16. The van der Waals surface area contributed by atoms with E-state index in [1.54, 1.807) is 25.3 Å². The van der Waals surface area contributed by atoms with Crippen molar-refractivity contribution in [3.8, 4) is 11.5 Å². The number of methoxy groups -OCH3 is 2. The number of nitrogens with zero attached hydrogens (tertiary/aromatic N) is 4. The van der Waals surface area contributed by atoms with E-state index in [4.69, 9.17) is 9.47 Å². The topological polar surface area (TPSA) is 111 Å². The lowest BCUT2D eigenvalue weighted by Crippen LogP contribution is -2.24. The molecule has 0 saturated heterocycles. The fourth-order valence-electron chi connectivity index (χ4n) is 2.27. The van der Waals surface area contributed by atoms with Crippen molar-refractivity contribution in [1.82, 2.24) is 20.2 Å². The van der Waals surface area contributed by atoms with E-state index in [0.29, 0.717) is 17.1 Å². The van der Waals surface area contributed by atoms with E-state index in [2.05, 4.69) is 20.8 Å². The molecule has 2 aromatic rings. The second-order valence-corrected chi connectivity index (χ2v) is 4.51. The average molecular weight is 303 g/mol. The normalized spacial score (nSPS) is 16.3. The fourth-order valence-corrected chi connectivity index (χ4v) is 2.27. The van der Waals surface area contributed by atoms with Crippen LogP contribution >= 0.6 is 0 Å². The molecule has 1 aromatic carbocycles. The molecule has 0 aliphatic carbocycles. The zero-order valence-electron chi connectivity index (χ0n) is 11.8. The predicted molar refractivity (Wildman–Crippen MR) is 74.8 cm³/mol. The van der Waals surface area contributed by atoms with Gasteiger partial charge in [0.2, 0.25) is 5.95 Å². The average Bonchev–Trinajstić information content (AvgIpc) is 3.01. The van der Waals surface area contributed by atoms with Gasteiger partial charge < -0.3 is 19.9 Å². The summed E-state index contributed by atoms with van der Waals surface area (Å²) in [6.45, 7) is 0. The SMILES string of the molecule is COc1ccc(OC)c([C@@H]2C=C(C(=O)O)Nc3nnnn32)c1. The number of carboxylic acid groups (broad SMARTS) is 1. The number of fused-ring (bicyclic) bond motifs is 1. The van der Waals surface area contributed by atoms with Gasteiger partial charge in [0, 0.05) is 5.56 Å². The Bertz CT molecular complexity index is 755. The molecule has 1 aromatic heterocycles. The van der Waals surface area contributed by atoms with Crippen molar-refractivity contribution in [2.75, 3.05) is 19.5 Å². The highest BCUT2D eigenvalue weighted by molar-refractivity contribution is 5.90. The number of rotatable bonds is 4. The summed E-state index contributed by atoms with van der Waals surface area (Å²) in [5.74, 6) is 0.347. The van der Waals surface area contributed by atoms with Gasteiger partial charge in [0.1, 0.15) is 23.2 Å². The van der Waals surface area contributed by atoms with Gasteiger partial charge in [0.05, 0.1) is 14.2 Å². The van der Waals surface area contributed by atoms with Crippen LogP contribution in [0.5, 0.6) is 11.5 Å². The molecule has 9 nitrogen and oxygen atoms in total. The molecule has 0 spiro atoms. The van der Waals surface area contributed by atoms with Crippen molar-refractivity contribution in [1.29, 1.82) is 0 Å². The molecule has 0 radical (unpaired) electrons. The smallest absolute Gasteiger partial charge is 0.352 e. The number of aromatic nitrogens is 4. The number of allylic oxidation sites excluding steroid dienone is 1. The van der Waals surface area contributed by atoms with Crippen LogP contribution in [0.3, 0.4) is 0 Å². The maximum atomic E-state index is 11.3. The highest BCUT2D eigenvalue weighted by Crippen LogP contribution is 2.35. The Labute approximate surface area is 125 Å². The number of ether oxygens (including phenoxy) is 2. The lowest BCUT2D eigenvalue weighted by Gasteiger charge is -2.23. The lowest BCUT2D eigenvalue weighted by atomic mass is 10.0. The van der Waals surface area contributed by atoms with Gasteiger partial charge in [-0.3, -0.25) is 0 Å². The number of anilines is 1. The van der Waals surface area contributed by atoms with Crippen LogP contribution in [0.1, 0.15) is 11.6 Å². The van der Waals surface area contributed by atoms with Crippen LogP contribution in [0, 0.1) is 0 Å². The van der Waals surface area contributed by atoms with Crippen LogP contribution < -0.4 is 14.8 Å². The van der Waals surface area contributed by atoms with Crippen LogP contribution in [0.15, 0.2) is 30.0 Å². The minimum Gasteiger partial charge on any atom is -0.497 e. The van der Waals surface area contributed by atoms with Crippen molar-refractivity contribution < 1.29 is 19.4 Å². The van der Waals surface area contributed by atoms with Crippen molar-refractivity contribution in [3.63, 3.8) is 0 Å². The first-order chi connectivity index (χ1) is 10.6. The first kappa shape index (κ1) is 13.9. The molecule has 0 saturated carbocycles. The number of carboxylic acids is 1. The van der Waals surface area contributed by atoms with Crippen LogP contribution in [-0.4, -0.2) is 45.5 Å². The predicted octanol–water partition coefficient (Wildman–Crippen LogP) is 0.674. The first-order valence-corrected chi connectivity index (χ1v) is 6.36. The van der Waals surface area contributed by atoms with Crippen LogP contribution in [0.25, 0.3) is 0 Å². The van der Waals surface area contributed by atoms with Crippen molar-refractivity contribution in [2.45, 2.75) is 6.04 Å². The summed E-state index contributed by atoms with van der Waals surface area (Å²) in [6, 6.07) is 4.73. The summed E-state index contributed by atoms with van der Waals surface area (Å²) in [5.41, 5.74) is 0.688. The van der Waals surface area contributed by atoms with Crippen LogP contribution in [0.4, 0.5) is 5.95 Å². The number of hydrogen-bond donors (Lipinski definition) is 2. The van der Waals surface area contributed by atoms with Crippen molar-refractivity contribution in [3.05, 3.63) is 35.5 Å². The first-order valence-electron chi connectivity index (χ1n) is 6.36. The van der Waals surface area contributed by atoms with Crippen molar-refractivity contribution in [2.24, 2.45) is 0 Å². The standard InChI is InChI=1S/C13H13N5O4/c1-21-7-3-4-11(22-2)8(5-7)10-6-9(12(19)20)14-13-15-16-17-18(10)13/h3-6,10H,1-2H3,(H,19,20)(H,14,15,17)/t10-/m0/s1. The zero-order chi connectivity index (χ0) is 15.7. The van der Waals surface area contributed by atoms with E-state index < -0.39 is 12.0 Å². The third-order valence-electron chi connectivity index (χ3n) is 3.31. The number of hydrogen-bond acceptors (Lipinski definition) is 7. The quantitative estimate of drug-likeness (QED) is 0.848. The van der Waals surface area contributed by atoms with E-state index >= 15 is 0 Å².